The van der Waals surface area contributed by atoms with Gasteiger partial charge < -0.3 is 0 Å². The highest BCUT2D eigenvalue weighted by Gasteiger charge is 2.47. The molecule has 0 unspecified atom stereocenters. The summed E-state index contributed by atoms with van der Waals surface area (Å²) in [5.74, 6) is 4.99. The van der Waals surface area contributed by atoms with Crippen LogP contribution >= 0.6 is 0 Å². The highest BCUT2D eigenvalue weighted by Crippen LogP contribution is 2.54. The van der Waals surface area contributed by atoms with E-state index in [2.05, 4.69) is 13.8 Å². The van der Waals surface area contributed by atoms with Crippen LogP contribution in [-0.2, 0) is 4.79 Å². The fraction of sp³-hybridized carbons (Fsp3) is 0.933. The van der Waals surface area contributed by atoms with E-state index in [4.69, 9.17) is 0 Å². The molecule has 0 heterocycles. The molecule has 3 aliphatic carbocycles. The number of carbonyl (C=O) groups is 1. The van der Waals surface area contributed by atoms with Gasteiger partial charge in [0.05, 0.1) is 0 Å². The maximum atomic E-state index is 12.3. The van der Waals surface area contributed by atoms with Crippen molar-refractivity contribution in [3.63, 3.8) is 0 Å². The molecular formula is C15H24O. The minimum Gasteiger partial charge on any atom is -0.299 e. The molecule has 1 nitrogen and oxygen atoms in total. The molecule has 0 aromatic rings. The predicted molar refractivity (Wildman–Crippen MR) is 65.0 cm³/mol. The average molecular weight is 220 g/mol. The topological polar surface area (TPSA) is 17.1 Å². The van der Waals surface area contributed by atoms with Crippen LogP contribution in [0.25, 0.3) is 0 Å². The zero-order chi connectivity index (χ0) is 11.3. The largest absolute Gasteiger partial charge is 0.299 e. The van der Waals surface area contributed by atoms with Gasteiger partial charge in [-0.25, -0.2) is 0 Å². The molecule has 0 aliphatic heterocycles. The molecule has 3 aliphatic rings. The Hall–Kier alpha value is -0.330. The smallest absolute Gasteiger partial charge is 0.136 e. The van der Waals surface area contributed by atoms with E-state index < -0.39 is 0 Å². The normalized spacial score (nSPS) is 52.2. The van der Waals surface area contributed by atoms with Crippen LogP contribution in [0, 0.1) is 35.5 Å². The van der Waals surface area contributed by atoms with Crippen LogP contribution in [0.4, 0.5) is 0 Å². The highest BCUT2D eigenvalue weighted by atomic mass is 16.1. The summed E-state index contributed by atoms with van der Waals surface area (Å²) in [4.78, 5) is 12.3. The number of ketones is 1. The second kappa shape index (κ2) is 3.85. The quantitative estimate of drug-likeness (QED) is 0.659. The van der Waals surface area contributed by atoms with Gasteiger partial charge in [0.1, 0.15) is 5.78 Å². The molecular weight excluding hydrogens is 196 g/mol. The van der Waals surface area contributed by atoms with E-state index >= 15 is 0 Å². The molecule has 3 fully saturated rings. The van der Waals surface area contributed by atoms with Gasteiger partial charge in [-0.15, -0.1) is 0 Å². The number of Topliss-reactive ketones (excluding diaryl/α,β-unsaturated/α-hetero) is 1. The predicted octanol–water partition coefficient (Wildman–Crippen LogP) is 3.67. The first-order chi connectivity index (χ1) is 7.65. The van der Waals surface area contributed by atoms with Crippen molar-refractivity contribution in [2.75, 3.05) is 0 Å². The van der Waals surface area contributed by atoms with Crippen LogP contribution in [0.15, 0.2) is 0 Å². The Morgan fingerprint density at radius 2 is 1.88 bits per heavy atom. The Bertz CT molecular complexity index is 296. The molecule has 2 bridgehead atoms. The molecule has 0 saturated heterocycles. The third-order valence-corrected chi connectivity index (χ3v) is 5.56. The van der Waals surface area contributed by atoms with Gasteiger partial charge in [-0.05, 0) is 55.3 Å². The van der Waals surface area contributed by atoms with Crippen LogP contribution in [0.1, 0.15) is 52.4 Å². The van der Waals surface area contributed by atoms with Gasteiger partial charge in [0.2, 0.25) is 0 Å². The number of rotatable bonds is 1. The minimum absolute atomic E-state index is 0.437. The van der Waals surface area contributed by atoms with E-state index in [9.17, 15) is 4.79 Å². The van der Waals surface area contributed by atoms with E-state index in [1.165, 1.54) is 32.1 Å². The van der Waals surface area contributed by atoms with Gasteiger partial charge in [-0.3, -0.25) is 4.79 Å². The fourth-order valence-electron chi connectivity index (χ4n) is 5.06. The van der Waals surface area contributed by atoms with Gasteiger partial charge in [-0.1, -0.05) is 20.3 Å². The molecule has 90 valence electrons. The molecule has 3 saturated carbocycles. The number of hydrogen-bond acceptors (Lipinski definition) is 1. The second-order valence-electron chi connectivity index (χ2n) is 6.85. The maximum absolute atomic E-state index is 12.3. The van der Waals surface area contributed by atoms with E-state index in [0.717, 1.165) is 24.2 Å². The third kappa shape index (κ3) is 1.63. The van der Waals surface area contributed by atoms with Crippen molar-refractivity contribution in [3.05, 3.63) is 0 Å². The van der Waals surface area contributed by atoms with Crippen molar-refractivity contribution < 1.29 is 4.79 Å². The summed E-state index contributed by atoms with van der Waals surface area (Å²) in [6.07, 6.45) is 7.83. The van der Waals surface area contributed by atoms with Crippen molar-refractivity contribution in [2.24, 2.45) is 35.5 Å². The zero-order valence-corrected chi connectivity index (χ0v) is 10.6. The van der Waals surface area contributed by atoms with E-state index in [1.807, 2.05) is 0 Å². The SMILES string of the molecule is C[C@@H]1CC(=O)[C@@H]([C@@H]2C[C@H]3CC[C@H]2C3)[C@H](C)C1. The summed E-state index contributed by atoms with van der Waals surface area (Å²) in [5.41, 5.74) is 0. The van der Waals surface area contributed by atoms with E-state index in [1.54, 1.807) is 0 Å². The Morgan fingerprint density at radius 1 is 1.06 bits per heavy atom. The average Bonchev–Trinajstić information content (AvgIpc) is 2.77. The van der Waals surface area contributed by atoms with Crippen molar-refractivity contribution in [1.29, 1.82) is 0 Å². The summed E-state index contributed by atoms with van der Waals surface area (Å²) >= 11 is 0. The lowest BCUT2D eigenvalue weighted by atomic mass is 9.65. The molecule has 16 heavy (non-hydrogen) atoms. The van der Waals surface area contributed by atoms with Crippen molar-refractivity contribution in [1.82, 2.24) is 0 Å². The van der Waals surface area contributed by atoms with Gasteiger partial charge in [0.25, 0.3) is 0 Å². The molecule has 0 N–H and O–H groups in total. The molecule has 6 atom stereocenters. The van der Waals surface area contributed by atoms with Crippen LogP contribution in [0.2, 0.25) is 0 Å². The molecule has 0 aromatic carbocycles. The molecule has 0 spiro atoms. The molecule has 1 heteroatoms. The lowest BCUT2D eigenvalue weighted by Crippen LogP contribution is -2.38. The van der Waals surface area contributed by atoms with Gasteiger partial charge in [0, 0.05) is 12.3 Å². The molecule has 0 aromatic heterocycles. The number of carbonyl (C=O) groups excluding carboxylic acids is 1. The highest BCUT2D eigenvalue weighted by molar-refractivity contribution is 5.82. The monoisotopic (exact) mass is 220 g/mol. The summed E-state index contributed by atoms with van der Waals surface area (Å²) in [6.45, 7) is 4.57. The van der Waals surface area contributed by atoms with Gasteiger partial charge in [-0.2, -0.15) is 0 Å². The Labute approximate surface area is 99.0 Å². The lowest BCUT2D eigenvalue weighted by Gasteiger charge is -2.38. The van der Waals surface area contributed by atoms with Crippen LogP contribution in [-0.4, -0.2) is 5.78 Å². The molecule has 3 rings (SSSR count). The summed E-state index contributed by atoms with van der Waals surface area (Å²) in [5, 5.41) is 0. The maximum Gasteiger partial charge on any atom is 0.136 e. The zero-order valence-electron chi connectivity index (χ0n) is 10.6. The summed E-state index contributed by atoms with van der Waals surface area (Å²) < 4.78 is 0. The molecule has 0 amide bonds. The van der Waals surface area contributed by atoms with Crippen LogP contribution in [0.3, 0.4) is 0 Å². The lowest BCUT2D eigenvalue weighted by molar-refractivity contribution is -0.131. The Balaban J connectivity index is 1.76. The number of fused-ring (bicyclic) bond motifs is 2. The van der Waals surface area contributed by atoms with Gasteiger partial charge >= 0.3 is 0 Å². The van der Waals surface area contributed by atoms with E-state index in [-0.39, 0.29) is 0 Å². The van der Waals surface area contributed by atoms with Crippen molar-refractivity contribution in [2.45, 2.75) is 52.4 Å². The summed E-state index contributed by atoms with van der Waals surface area (Å²) in [7, 11) is 0. The Kier molecular flexibility index (Phi) is 2.60. The third-order valence-electron chi connectivity index (χ3n) is 5.56. The first-order valence-corrected chi connectivity index (χ1v) is 7.18. The van der Waals surface area contributed by atoms with Crippen molar-refractivity contribution in [3.8, 4) is 0 Å². The van der Waals surface area contributed by atoms with Crippen LogP contribution < -0.4 is 0 Å². The fourth-order valence-corrected chi connectivity index (χ4v) is 5.06. The van der Waals surface area contributed by atoms with Crippen molar-refractivity contribution >= 4 is 5.78 Å². The summed E-state index contributed by atoms with van der Waals surface area (Å²) in [6, 6.07) is 0. The van der Waals surface area contributed by atoms with E-state index in [0.29, 0.717) is 23.5 Å². The standard InChI is InChI=1S/C15H24O/c1-9-5-10(2)15(14(16)6-9)13-8-11-3-4-12(13)7-11/h9-13,15H,3-8H2,1-2H3/t9-,10+,11-,12-,13+,15+/m0/s1. The first-order valence-electron chi connectivity index (χ1n) is 7.18. The second-order valence-corrected chi connectivity index (χ2v) is 6.85. The number of hydrogen-bond donors (Lipinski definition) is 0. The Morgan fingerprint density at radius 3 is 2.44 bits per heavy atom. The first kappa shape index (κ1) is 10.8. The van der Waals surface area contributed by atoms with Crippen LogP contribution in [0.5, 0.6) is 0 Å². The van der Waals surface area contributed by atoms with Gasteiger partial charge in [0.15, 0.2) is 0 Å². The molecule has 0 radical (unpaired) electrons. The minimum atomic E-state index is 0.437.